The van der Waals surface area contributed by atoms with E-state index < -0.39 is 17.2 Å². The van der Waals surface area contributed by atoms with E-state index in [4.69, 9.17) is 4.98 Å². The van der Waals surface area contributed by atoms with Crippen LogP contribution in [0.15, 0.2) is 55.4 Å². The smallest absolute Gasteiger partial charge is 0.255 e. The van der Waals surface area contributed by atoms with Crippen LogP contribution in [0, 0.1) is 0 Å². The summed E-state index contributed by atoms with van der Waals surface area (Å²) in [5.74, 6) is 0.174. The lowest BCUT2D eigenvalue weighted by molar-refractivity contribution is -0.131. The van der Waals surface area contributed by atoms with Crippen LogP contribution in [0.25, 0.3) is 11.2 Å². The van der Waals surface area contributed by atoms with Crippen LogP contribution in [0.4, 0.5) is 5.82 Å². The zero-order valence-corrected chi connectivity index (χ0v) is 20.6. The quantitative estimate of drug-likeness (QED) is 0.472. The summed E-state index contributed by atoms with van der Waals surface area (Å²) in [5, 5.41) is 13.7. The summed E-state index contributed by atoms with van der Waals surface area (Å²) in [7, 11) is 0. The molecule has 1 atom stereocenters. The highest BCUT2D eigenvalue weighted by molar-refractivity contribution is 6.04. The number of benzene rings is 1. The molecule has 4 rings (SSSR count). The Labute approximate surface area is 204 Å². The number of rotatable bonds is 6. The van der Waals surface area contributed by atoms with Crippen molar-refractivity contribution in [2.75, 3.05) is 24.5 Å². The van der Waals surface area contributed by atoms with Gasteiger partial charge in [0.05, 0.1) is 28.9 Å². The minimum Gasteiger partial charge on any atom is -0.388 e. The second-order valence-corrected chi connectivity index (χ2v) is 10.0. The number of aromatic amines is 1. The molecule has 184 valence electrons. The van der Waals surface area contributed by atoms with Gasteiger partial charge >= 0.3 is 0 Å². The number of carbonyl (C=O) groups is 2. The summed E-state index contributed by atoms with van der Waals surface area (Å²) in [6.07, 6.45) is 4.59. The Morgan fingerprint density at radius 3 is 2.60 bits per heavy atom. The van der Waals surface area contributed by atoms with Crippen molar-refractivity contribution in [3.63, 3.8) is 0 Å². The molecule has 0 saturated carbocycles. The second kappa shape index (κ2) is 9.14. The van der Waals surface area contributed by atoms with Gasteiger partial charge < -0.3 is 25.2 Å². The molecule has 1 aliphatic heterocycles. The van der Waals surface area contributed by atoms with E-state index in [9.17, 15) is 14.7 Å². The number of aliphatic hydroxyl groups is 1. The van der Waals surface area contributed by atoms with Crippen molar-refractivity contribution in [1.82, 2.24) is 25.2 Å². The molecule has 35 heavy (non-hydrogen) atoms. The van der Waals surface area contributed by atoms with Crippen molar-refractivity contribution >= 4 is 28.8 Å². The van der Waals surface area contributed by atoms with Gasteiger partial charge in [-0.1, -0.05) is 36.9 Å². The number of carbonyl (C=O) groups excluding carboxylic acids is 2. The molecule has 2 aromatic heterocycles. The van der Waals surface area contributed by atoms with Gasteiger partial charge in [0.2, 0.25) is 5.91 Å². The van der Waals surface area contributed by atoms with Crippen LogP contribution in [-0.2, 0) is 4.79 Å². The van der Waals surface area contributed by atoms with Crippen molar-refractivity contribution in [1.29, 1.82) is 0 Å². The highest BCUT2D eigenvalue weighted by Gasteiger charge is 2.36. The first kappa shape index (κ1) is 24.4. The number of nitrogens with one attached hydrogen (secondary N) is 2. The van der Waals surface area contributed by atoms with Gasteiger partial charge in [-0.25, -0.2) is 9.97 Å². The molecule has 0 aliphatic carbocycles. The molecule has 1 unspecified atom stereocenters. The molecule has 3 N–H and O–H groups in total. The molecule has 3 aromatic rings. The molecular weight excluding hydrogens is 444 g/mol. The minimum atomic E-state index is -1.19. The van der Waals surface area contributed by atoms with E-state index in [1.165, 1.54) is 6.08 Å². The molecule has 1 aliphatic rings. The topological polar surface area (TPSA) is 114 Å². The molecule has 0 bridgehead atoms. The minimum absolute atomic E-state index is 0.0967. The normalized spacial score (nSPS) is 16.7. The molecule has 3 heterocycles. The highest BCUT2D eigenvalue weighted by atomic mass is 16.3. The van der Waals surface area contributed by atoms with E-state index >= 15 is 0 Å². The standard InChI is InChI=1S/C26H32N6O3/c1-6-20(33)32-13-12-31(16-25(32,2)3)19-15-28-23-21(29-19)18(14-27-23)24(34)30-22(26(4,5)35)17-10-8-7-9-11-17/h6-11,14-15,22,35H,1,12-13,16H2,2-5H3,(H,27,28)(H,30,34). The first-order valence-electron chi connectivity index (χ1n) is 11.6. The molecule has 9 heteroatoms. The summed E-state index contributed by atoms with van der Waals surface area (Å²) in [5.41, 5.74) is 0.485. The molecule has 0 radical (unpaired) electrons. The maximum Gasteiger partial charge on any atom is 0.255 e. The van der Waals surface area contributed by atoms with Gasteiger partial charge in [0, 0.05) is 25.8 Å². The fraction of sp³-hybridized carbons (Fsp3) is 0.385. The molecule has 0 spiro atoms. The summed E-state index contributed by atoms with van der Waals surface area (Å²) < 4.78 is 0. The largest absolute Gasteiger partial charge is 0.388 e. The van der Waals surface area contributed by atoms with Crippen LogP contribution in [0.3, 0.4) is 0 Å². The Hall–Kier alpha value is -3.72. The van der Waals surface area contributed by atoms with E-state index in [0.717, 1.165) is 5.56 Å². The van der Waals surface area contributed by atoms with Crippen molar-refractivity contribution < 1.29 is 14.7 Å². The third kappa shape index (κ3) is 4.90. The number of anilines is 1. The van der Waals surface area contributed by atoms with Crippen molar-refractivity contribution in [3.05, 3.63) is 66.5 Å². The van der Waals surface area contributed by atoms with Crippen LogP contribution < -0.4 is 10.2 Å². The molecule has 1 fully saturated rings. The number of hydrogen-bond acceptors (Lipinski definition) is 6. The molecule has 2 amide bonds. The van der Waals surface area contributed by atoms with E-state index in [2.05, 4.69) is 26.8 Å². The number of piperazine rings is 1. The number of hydrogen-bond donors (Lipinski definition) is 3. The predicted octanol–water partition coefficient (Wildman–Crippen LogP) is 2.81. The lowest BCUT2D eigenvalue weighted by atomic mass is 9.91. The zero-order valence-electron chi connectivity index (χ0n) is 20.6. The van der Waals surface area contributed by atoms with Gasteiger partial charge in [0.1, 0.15) is 11.3 Å². The number of aromatic nitrogens is 3. The van der Waals surface area contributed by atoms with Crippen molar-refractivity contribution in [2.24, 2.45) is 0 Å². The van der Waals surface area contributed by atoms with Crippen molar-refractivity contribution in [2.45, 2.75) is 44.9 Å². The fourth-order valence-electron chi connectivity index (χ4n) is 4.60. The van der Waals surface area contributed by atoms with Crippen LogP contribution >= 0.6 is 0 Å². The monoisotopic (exact) mass is 476 g/mol. The third-order valence-electron chi connectivity index (χ3n) is 6.39. The van der Waals surface area contributed by atoms with Crippen LogP contribution in [0.5, 0.6) is 0 Å². The summed E-state index contributed by atoms with van der Waals surface area (Å²) >= 11 is 0. The number of amides is 2. The Bertz CT molecular complexity index is 1240. The van der Waals surface area contributed by atoms with E-state index in [1.54, 1.807) is 31.1 Å². The van der Waals surface area contributed by atoms with Crippen LogP contribution in [-0.4, -0.2) is 67.5 Å². The van der Waals surface area contributed by atoms with Gasteiger partial charge in [0.25, 0.3) is 5.91 Å². The van der Waals surface area contributed by atoms with Gasteiger partial charge in [0.15, 0.2) is 5.65 Å². The molecular formula is C26H32N6O3. The van der Waals surface area contributed by atoms with Crippen molar-refractivity contribution in [3.8, 4) is 0 Å². The van der Waals surface area contributed by atoms with Crippen LogP contribution in [0.1, 0.15) is 49.7 Å². The Balaban J connectivity index is 1.61. The number of nitrogens with zero attached hydrogens (tertiary/aromatic N) is 4. The Morgan fingerprint density at radius 1 is 1.26 bits per heavy atom. The number of fused-ring (bicyclic) bond motifs is 1. The maximum atomic E-state index is 13.3. The first-order valence-corrected chi connectivity index (χ1v) is 11.6. The third-order valence-corrected chi connectivity index (χ3v) is 6.39. The summed E-state index contributed by atoms with van der Waals surface area (Å²) in [6.45, 7) is 12.6. The lowest BCUT2D eigenvalue weighted by Gasteiger charge is -2.47. The zero-order chi connectivity index (χ0) is 25.4. The Morgan fingerprint density at radius 2 is 1.97 bits per heavy atom. The molecule has 1 aromatic carbocycles. The van der Waals surface area contributed by atoms with Gasteiger partial charge in [-0.05, 0) is 39.3 Å². The summed E-state index contributed by atoms with van der Waals surface area (Å²) in [6, 6.07) is 8.75. The van der Waals surface area contributed by atoms with E-state index in [1.807, 2.05) is 44.2 Å². The molecule has 1 saturated heterocycles. The average molecular weight is 477 g/mol. The fourth-order valence-corrected chi connectivity index (χ4v) is 4.60. The van der Waals surface area contributed by atoms with Gasteiger partial charge in [-0.2, -0.15) is 0 Å². The Kier molecular flexibility index (Phi) is 6.38. The summed E-state index contributed by atoms with van der Waals surface area (Å²) in [4.78, 5) is 41.7. The number of H-pyrrole nitrogens is 1. The maximum absolute atomic E-state index is 13.3. The molecule has 9 nitrogen and oxygen atoms in total. The second-order valence-electron chi connectivity index (χ2n) is 10.0. The lowest BCUT2D eigenvalue weighted by Crippen LogP contribution is -2.61. The highest BCUT2D eigenvalue weighted by Crippen LogP contribution is 2.28. The van der Waals surface area contributed by atoms with E-state index in [-0.39, 0.29) is 11.8 Å². The van der Waals surface area contributed by atoms with Gasteiger partial charge in [-0.3, -0.25) is 9.59 Å². The average Bonchev–Trinajstić information content (AvgIpc) is 3.24. The van der Waals surface area contributed by atoms with Crippen LogP contribution in [0.2, 0.25) is 0 Å². The predicted molar refractivity (Wildman–Crippen MR) is 135 cm³/mol. The van der Waals surface area contributed by atoms with Gasteiger partial charge in [-0.15, -0.1) is 0 Å². The SMILES string of the molecule is C=CC(=O)N1CCN(c2cnc3[nH]cc(C(=O)NC(c4ccccc4)C(C)(C)O)c3n2)CC1(C)C. The first-order chi connectivity index (χ1) is 16.5. The van der Waals surface area contributed by atoms with E-state index in [0.29, 0.717) is 42.2 Å².